The molecule has 1 amide bonds. The zero-order valence-corrected chi connectivity index (χ0v) is 9.75. The van der Waals surface area contributed by atoms with Crippen molar-refractivity contribution in [2.24, 2.45) is 0 Å². The van der Waals surface area contributed by atoms with Crippen molar-refractivity contribution in [3.8, 4) is 0 Å². The highest BCUT2D eigenvalue weighted by Gasteiger charge is 2.07. The molecule has 1 aromatic rings. The Balaban J connectivity index is 2.63. The molecule has 17 heavy (non-hydrogen) atoms. The molecule has 0 radical (unpaired) electrons. The van der Waals surface area contributed by atoms with Gasteiger partial charge in [-0.1, -0.05) is 36.4 Å². The van der Waals surface area contributed by atoms with Crippen LogP contribution in [0.3, 0.4) is 0 Å². The van der Waals surface area contributed by atoms with Crippen molar-refractivity contribution in [2.75, 3.05) is 19.7 Å². The van der Waals surface area contributed by atoms with Crippen LogP contribution < -0.4 is 0 Å². The fourth-order valence-electron chi connectivity index (χ4n) is 1.41. The van der Waals surface area contributed by atoms with E-state index in [1.807, 2.05) is 30.3 Å². The zero-order chi connectivity index (χ0) is 12.5. The van der Waals surface area contributed by atoms with Crippen LogP contribution in [0.15, 0.2) is 49.1 Å². The summed E-state index contributed by atoms with van der Waals surface area (Å²) < 4.78 is 0. The van der Waals surface area contributed by atoms with Crippen molar-refractivity contribution in [1.29, 1.82) is 0 Å². The summed E-state index contributed by atoms with van der Waals surface area (Å²) in [6, 6.07) is 9.61. The molecule has 1 aromatic carbocycles. The summed E-state index contributed by atoms with van der Waals surface area (Å²) in [5.41, 5.74) is 0.975. The fourth-order valence-corrected chi connectivity index (χ4v) is 1.41. The van der Waals surface area contributed by atoms with E-state index in [2.05, 4.69) is 6.58 Å². The van der Waals surface area contributed by atoms with Gasteiger partial charge in [0.25, 0.3) is 0 Å². The van der Waals surface area contributed by atoms with E-state index in [1.165, 1.54) is 11.0 Å². The molecule has 0 fully saturated rings. The highest BCUT2D eigenvalue weighted by atomic mass is 16.3. The predicted molar refractivity (Wildman–Crippen MR) is 69.3 cm³/mol. The maximum Gasteiger partial charge on any atom is 0.246 e. The average Bonchev–Trinajstić information content (AvgIpc) is 2.37. The van der Waals surface area contributed by atoms with Gasteiger partial charge < -0.3 is 10.0 Å². The molecule has 0 unspecified atom stereocenters. The summed E-state index contributed by atoms with van der Waals surface area (Å²) in [7, 11) is 0. The number of carbonyl (C=O) groups excluding carboxylic acids is 1. The van der Waals surface area contributed by atoms with Crippen molar-refractivity contribution in [1.82, 2.24) is 4.90 Å². The average molecular weight is 231 g/mol. The SMILES string of the molecule is C=CCN(CCO)C(=O)/C=C/c1ccccc1. The standard InChI is InChI=1S/C14H17NO2/c1-2-10-15(11-12-16)14(17)9-8-13-6-4-3-5-7-13/h2-9,16H,1,10-12H2/b9-8+. The largest absolute Gasteiger partial charge is 0.395 e. The monoisotopic (exact) mass is 231 g/mol. The number of hydrogen-bond acceptors (Lipinski definition) is 2. The molecule has 0 aromatic heterocycles. The van der Waals surface area contributed by atoms with Gasteiger partial charge in [0.2, 0.25) is 5.91 Å². The maximum absolute atomic E-state index is 11.8. The number of aliphatic hydroxyl groups excluding tert-OH is 1. The summed E-state index contributed by atoms with van der Waals surface area (Å²) in [6.07, 6.45) is 4.91. The van der Waals surface area contributed by atoms with Crippen molar-refractivity contribution < 1.29 is 9.90 Å². The van der Waals surface area contributed by atoms with Crippen LogP contribution in [0.2, 0.25) is 0 Å². The lowest BCUT2D eigenvalue weighted by atomic mass is 10.2. The van der Waals surface area contributed by atoms with Crippen LogP contribution in [0.1, 0.15) is 5.56 Å². The molecule has 0 saturated carbocycles. The maximum atomic E-state index is 11.8. The number of carbonyl (C=O) groups is 1. The summed E-state index contributed by atoms with van der Waals surface area (Å²) >= 11 is 0. The molecule has 0 aliphatic heterocycles. The lowest BCUT2D eigenvalue weighted by molar-refractivity contribution is -0.125. The topological polar surface area (TPSA) is 40.5 Å². The van der Waals surface area contributed by atoms with Crippen LogP contribution in [0, 0.1) is 0 Å². The van der Waals surface area contributed by atoms with Gasteiger partial charge in [-0.3, -0.25) is 4.79 Å². The molecule has 0 heterocycles. The zero-order valence-electron chi connectivity index (χ0n) is 9.75. The molecule has 0 atom stereocenters. The second kappa shape index (κ2) is 7.41. The van der Waals surface area contributed by atoms with E-state index in [0.29, 0.717) is 13.1 Å². The summed E-state index contributed by atoms with van der Waals surface area (Å²) in [5.74, 6) is -0.122. The number of nitrogens with zero attached hydrogens (tertiary/aromatic N) is 1. The second-order valence-corrected chi connectivity index (χ2v) is 3.54. The number of amides is 1. The van der Waals surface area contributed by atoms with E-state index in [0.717, 1.165) is 5.56 Å². The van der Waals surface area contributed by atoms with Crippen LogP contribution >= 0.6 is 0 Å². The lowest BCUT2D eigenvalue weighted by Crippen LogP contribution is -2.32. The third kappa shape index (κ3) is 4.66. The second-order valence-electron chi connectivity index (χ2n) is 3.54. The minimum Gasteiger partial charge on any atom is -0.395 e. The Hall–Kier alpha value is -1.87. The van der Waals surface area contributed by atoms with Crippen LogP contribution in [-0.2, 0) is 4.79 Å². The van der Waals surface area contributed by atoms with Gasteiger partial charge in [0, 0.05) is 19.2 Å². The summed E-state index contributed by atoms with van der Waals surface area (Å²) in [6.45, 7) is 4.31. The summed E-state index contributed by atoms with van der Waals surface area (Å²) in [5, 5.41) is 8.85. The van der Waals surface area contributed by atoms with Crippen molar-refractivity contribution in [3.63, 3.8) is 0 Å². The molecule has 0 aliphatic carbocycles. The molecule has 1 rings (SSSR count). The van der Waals surface area contributed by atoms with Gasteiger partial charge in [-0.25, -0.2) is 0 Å². The predicted octanol–water partition coefficient (Wildman–Crippen LogP) is 1.71. The van der Waals surface area contributed by atoms with E-state index in [9.17, 15) is 4.79 Å². The van der Waals surface area contributed by atoms with Gasteiger partial charge in [-0.2, -0.15) is 0 Å². The quantitative estimate of drug-likeness (QED) is 0.598. The van der Waals surface area contributed by atoms with E-state index in [-0.39, 0.29) is 12.5 Å². The van der Waals surface area contributed by atoms with Gasteiger partial charge in [0.1, 0.15) is 0 Å². The van der Waals surface area contributed by atoms with Crippen LogP contribution in [0.5, 0.6) is 0 Å². The highest BCUT2D eigenvalue weighted by Crippen LogP contribution is 2.02. The fraction of sp³-hybridized carbons (Fsp3) is 0.214. The van der Waals surface area contributed by atoms with Crippen LogP contribution in [-0.4, -0.2) is 35.6 Å². The third-order valence-corrected chi connectivity index (χ3v) is 2.25. The number of benzene rings is 1. The Morgan fingerprint density at radius 3 is 2.65 bits per heavy atom. The molecular weight excluding hydrogens is 214 g/mol. The van der Waals surface area contributed by atoms with Crippen LogP contribution in [0.4, 0.5) is 0 Å². The molecule has 0 bridgehead atoms. The minimum absolute atomic E-state index is 0.0429. The number of hydrogen-bond donors (Lipinski definition) is 1. The first kappa shape index (κ1) is 13.2. The van der Waals surface area contributed by atoms with E-state index >= 15 is 0 Å². The summed E-state index contributed by atoms with van der Waals surface area (Å²) in [4.78, 5) is 13.3. The molecule has 90 valence electrons. The van der Waals surface area contributed by atoms with Crippen molar-refractivity contribution >= 4 is 12.0 Å². The Morgan fingerprint density at radius 1 is 1.35 bits per heavy atom. The van der Waals surface area contributed by atoms with Gasteiger partial charge in [0.15, 0.2) is 0 Å². The van der Waals surface area contributed by atoms with Crippen molar-refractivity contribution in [2.45, 2.75) is 0 Å². The number of aliphatic hydroxyl groups is 1. The first-order chi connectivity index (χ1) is 8.27. The van der Waals surface area contributed by atoms with E-state index in [4.69, 9.17) is 5.11 Å². The normalized spacial score (nSPS) is 10.4. The Labute approximate surface area is 102 Å². The highest BCUT2D eigenvalue weighted by molar-refractivity contribution is 5.91. The smallest absolute Gasteiger partial charge is 0.246 e. The molecule has 1 N–H and O–H groups in total. The van der Waals surface area contributed by atoms with Crippen molar-refractivity contribution in [3.05, 3.63) is 54.6 Å². The molecule has 0 aliphatic rings. The Bertz CT molecular complexity index is 384. The Kier molecular flexibility index (Phi) is 5.75. The lowest BCUT2D eigenvalue weighted by Gasteiger charge is -2.17. The molecule has 0 spiro atoms. The first-order valence-electron chi connectivity index (χ1n) is 5.51. The van der Waals surface area contributed by atoms with Gasteiger partial charge in [-0.15, -0.1) is 6.58 Å². The molecule has 0 saturated heterocycles. The van der Waals surface area contributed by atoms with E-state index < -0.39 is 0 Å². The van der Waals surface area contributed by atoms with Crippen LogP contribution in [0.25, 0.3) is 6.08 Å². The number of rotatable bonds is 6. The Morgan fingerprint density at radius 2 is 2.06 bits per heavy atom. The van der Waals surface area contributed by atoms with Gasteiger partial charge in [-0.05, 0) is 11.6 Å². The van der Waals surface area contributed by atoms with Gasteiger partial charge in [0.05, 0.1) is 6.61 Å². The molecule has 3 nitrogen and oxygen atoms in total. The van der Waals surface area contributed by atoms with Gasteiger partial charge >= 0.3 is 0 Å². The third-order valence-electron chi connectivity index (χ3n) is 2.25. The molecule has 3 heteroatoms. The van der Waals surface area contributed by atoms with E-state index in [1.54, 1.807) is 12.2 Å². The molecular formula is C14H17NO2. The minimum atomic E-state index is -0.122. The first-order valence-corrected chi connectivity index (χ1v) is 5.51.